The molecule has 4 rings (SSSR count). The highest BCUT2D eigenvalue weighted by atomic mass is 16.1. The van der Waals surface area contributed by atoms with Crippen LogP contribution in [0.3, 0.4) is 0 Å². The number of nitrogens with one attached hydrogen (secondary N) is 2. The van der Waals surface area contributed by atoms with E-state index in [0.717, 1.165) is 39.4 Å². The van der Waals surface area contributed by atoms with Crippen LogP contribution in [0.5, 0.6) is 0 Å². The molecule has 2 N–H and O–H groups in total. The van der Waals surface area contributed by atoms with Crippen LogP contribution in [-0.4, -0.2) is 22.0 Å². The highest BCUT2D eigenvalue weighted by Crippen LogP contribution is 2.27. The first-order chi connectivity index (χ1) is 15.1. The molecule has 2 heterocycles. The lowest BCUT2D eigenvalue weighted by atomic mass is 10.1. The third kappa shape index (κ3) is 4.10. The van der Waals surface area contributed by atoms with E-state index in [1.165, 1.54) is 0 Å². The van der Waals surface area contributed by atoms with E-state index >= 15 is 0 Å². The molecule has 0 fully saturated rings. The summed E-state index contributed by atoms with van der Waals surface area (Å²) in [5.41, 5.74) is 4.35. The highest BCUT2D eigenvalue weighted by Gasteiger charge is 2.14. The van der Waals surface area contributed by atoms with E-state index in [1.54, 1.807) is 6.08 Å². The van der Waals surface area contributed by atoms with Crippen molar-refractivity contribution in [3.8, 4) is 6.07 Å². The zero-order chi connectivity index (χ0) is 21.8. The molecule has 0 saturated carbocycles. The summed E-state index contributed by atoms with van der Waals surface area (Å²) in [6, 6.07) is 18.6. The lowest BCUT2D eigenvalue weighted by Gasteiger charge is -2.12. The van der Waals surface area contributed by atoms with Crippen LogP contribution in [0.1, 0.15) is 37.4 Å². The fourth-order valence-corrected chi connectivity index (χ4v) is 3.96. The Kier molecular flexibility index (Phi) is 5.90. The molecule has 0 aliphatic carbocycles. The van der Waals surface area contributed by atoms with Crippen molar-refractivity contribution in [3.63, 3.8) is 0 Å². The number of nitriles is 1. The third-order valence-electron chi connectivity index (χ3n) is 5.86. The van der Waals surface area contributed by atoms with Gasteiger partial charge in [0.05, 0.1) is 0 Å². The number of aromatic amines is 1. The predicted octanol–water partition coefficient (Wildman–Crippen LogP) is 5.36. The van der Waals surface area contributed by atoms with E-state index in [4.69, 9.17) is 0 Å². The van der Waals surface area contributed by atoms with Gasteiger partial charge in [-0.1, -0.05) is 43.3 Å². The van der Waals surface area contributed by atoms with Crippen molar-refractivity contribution in [2.24, 2.45) is 0 Å². The molecule has 0 aliphatic heterocycles. The third-order valence-corrected chi connectivity index (χ3v) is 5.86. The van der Waals surface area contributed by atoms with E-state index in [1.807, 2.05) is 48.8 Å². The van der Waals surface area contributed by atoms with Gasteiger partial charge < -0.3 is 14.9 Å². The second kappa shape index (κ2) is 8.93. The molecular formula is C26H26N4O. The van der Waals surface area contributed by atoms with Crippen LogP contribution in [-0.2, 0) is 11.2 Å². The number of carbonyl (C=O) groups is 1. The van der Waals surface area contributed by atoms with Crippen molar-refractivity contribution in [2.45, 2.75) is 32.7 Å². The van der Waals surface area contributed by atoms with Crippen molar-refractivity contribution < 1.29 is 4.79 Å². The molecule has 0 aliphatic rings. The molecule has 0 radical (unpaired) electrons. The number of benzene rings is 2. The molecule has 5 heteroatoms. The zero-order valence-electron chi connectivity index (χ0n) is 17.9. The van der Waals surface area contributed by atoms with Gasteiger partial charge in [-0.2, -0.15) is 5.26 Å². The Bertz CT molecular complexity index is 1300. The molecule has 0 spiro atoms. The van der Waals surface area contributed by atoms with Gasteiger partial charge in [-0.3, -0.25) is 4.79 Å². The monoisotopic (exact) mass is 410 g/mol. The number of nitrogens with zero attached hydrogens (tertiary/aromatic N) is 2. The van der Waals surface area contributed by atoms with Gasteiger partial charge in [0.1, 0.15) is 11.6 Å². The number of amides is 1. The van der Waals surface area contributed by atoms with Crippen LogP contribution in [0.2, 0.25) is 0 Å². The summed E-state index contributed by atoms with van der Waals surface area (Å²) in [4.78, 5) is 15.9. The second-order valence-electron chi connectivity index (χ2n) is 7.80. The van der Waals surface area contributed by atoms with Crippen LogP contribution in [0.15, 0.2) is 66.5 Å². The fraction of sp³-hybridized carbons (Fsp3) is 0.231. The summed E-state index contributed by atoms with van der Waals surface area (Å²) in [7, 11) is 0. The minimum absolute atomic E-state index is 0.117. The SMILES string of the molecule is CC[C@H](C)n1cc(/C=C(\C#N)C(=O)NCCc2c[nH]c3ccccc23)c2ccccc21. The van der Waals surface area contributed by atoms with Crippen molar-refractivity contribution in [2.75, 3.05) is 6.54 Å². The topological polar surface area (TPSA) is 73.6 Å². The molecule has 1 atom stereocenters. The minimum Gasteiger partial charge on any atom is -0.361 e. The Morgan fingerprint density at radius 3 is 2.71 bits per heavy atom. The molecule has 4 aromatic rings. The molecule has 5 nitrogen and oxygen atoms in total. The maximum absolute atomic E-state index is 12.7. The van der Waals surface area contributed by atoms with Gasteiger partial charge in [-0.15, -0.1) is 0 Å². The van der Waals surface area contributed by atoms with Crippen LogP contribution in [0, 0.1) is 11.3 Å². The summed E-state index contributed by atoms with van der Waals surface area (Å²) in [6.07, 6.45) is 7.41. The largest absolute Gasteiger partial charge is 0.361 e. The van der Waals surface area contributed by atoms with E-state index in [2.05, 4.69) is 46.9 Å². The van der Waals surface area contributed by atoms with Crippen LogP contribution < -0.4 is 5.32 Å². The first-order valence-electron chi connectivity index (χ1n) is 10.7. The van der Waals surface area contributed by atoms with Crippen LogP contribution >= 0.6 is 0 Å². The molecular weight excluding hydrogens is 384 g/mol. The molecule has 2 aromatic heterocycles. The van der Waals surface area contributed by atoms with Gasteiger partial charge >= 0.3 is 0 Å². The van der Waals surface area contributed by atoms with Crippen molar-refractivity contribution >= 4 is 33.8 Å². The lowest BCUT2D eigenvalue weighted by molar-refractivity contribution is -0.117. The van der Waals surface area contributed by atoms with Crippen molar-refractivity contribution in [3.05, 3.63) is 77.6 Å². The Hall–Kier alpha value is -3.78. The van der Waals surface area contributed by atoms with E-state index < -0.39 is 0 Å². The number of hydrogen-bond acceptors (Lipinski definition) is 2. The standard InChI is InChI=1S/C26H26N4O/c1-3-18(2)30-17-21(23-9-5-7-11-25(23)30)14-20(15-27)26(31)28-13-12-19-16-29-24-10-6-4-8-22(19)24/h4-11,14,16-18,29H,3,12-13H2,1-2H3,(H,28,31)/b20-14+/t18-/m0/s1. The van der Waals surface area contributed by atoms with Crippen molar-refractivity contribution in [1.82, 2.24) is 14.9 Å². The van der Waals surface area contributed by atoms with Gasteiger partial charge in [0, 0.05) is 52.3 Å². The summed E-state index contributed by atoms with van der Waals surface area (Å²) in [6.45, 7) is 4.79. The number of rotatable bonds is 7. The molecule has 2 aromatic carbocycles. The summed E-state index contributed by atoms with van der Waals surface area (Å²) in [5.74, 6) is -0.345. The number of H-pyrrole nitrogens is 1. The quantitative estimate of drug-likeness (QED) is 0.318. The number of para-hydroxylation sites is 2. The zero-order valence-corrected chi connectivity index (χ0v) is 17.9. The Balaban J connectivity index is 1.52. The van der Waals surface area contributed by atoms with Crippen LogP contribution in [0.25, 0.3) is 27.9 Å². The maximum atomic E-state index is 12.7. The Morgan fingerprint density at radius 2 is 1.94 bits per heavy atom. The number of carbonyl (C=O) groups excluding carboxylic acids is 1. The maximum Gasteiger partial charge on any atom is 0.261 e. The van der Waals surface area contributed by atoms with Gasteiger partial charge in [-0.05, 0) is 43.5 Å². The summed E-state index contributed by atoms with van der Waals surface area (Å²) < 4.78 is 2.21. The molecule has 156 valence electrons. The number of hydrogen-bond donors (Lipinski definition) is 2. The Labute approximate surface area is 182 Å². The molecule has 1 amide bonds. The highest BCUT2D eigenvalue weighted by molar-refractivity contribution is 6.04. The normalized spacial score (nSPS) is 12.7. The van der Waals surface area contributed by atoms with Crippen molar-refractivity contribution in [1.29, 1.82) is 5.26 Å². The van der Waals surface area contributed by atoms with Crippen LogP contribution in [0.4, 0.5) is 0 Å². The van der Waals surface area contributed by atoms with Gasteiger partial charge in [-0.25, -0.2) is 0 Å². The van der Waals surface area contributed by atoms with E-state index in [-0.39, 0.29) is 11.5 Å². The van der Waals surface area contributed by atoms with Gasteiger partial charge in [0.25, 0.3) is 5.91 Å². The molecule has 0 saturated heterocycles. The summed E-state index contributed by atoms with van der Waals surface area (Å²) >= 11 is 0. The molecule has 31 heavy (non-hydrogen) atoms. The number of aromatic nitrogens is 2. The molecule has 0 unspecified atom stereocenters. The summed E-state index contributed by atoms with van der Waals surface area (Å²) in [5, 5.41) is 14.7. The molecule has 0 bridgehead atoms. The number of fused-ring (bicyclic) bond motifs is 2. The lowest BCUT2D eigenvalue weighted by Crippen LogP contribution is -2.26. The minimum atomic E-state index is -0.345. The fourth-order valence-electron chi connectivity index (χ4n) is 3.96. The van der Waals surface area contributed by atoms with Gasteiger partial charge in [0.2, 0.25) is 0 Å². The van der Waals surface area contributed by atoms with Gasteiger partial charge in [0.15, 0.2) is 0 Å². The first-order valence-corrected chi connectivity index (χ1v) is 10.7. The van der Waals surface area contributed by atoms with E-state index in [0.29, 0.717) is 19.0 Å². The Morgan fingerprint density at radius 1 is 1.19 bits per heavy atom. The average Bonchev–Trinajstić information content (AvgIpc) is 3.38. The van der Waals surface area contributed by atoms with E-state index in [9.17, 15) is 10.1 Å². The average molecular weight is 411 g/mol. The second-order valence-corrected chi connectivity index (χ2v) is 7.80. The predicted molar refractivity (Wildman–Crippen MR) is 126 cm³/mol. The smallest absolute Gasteiger partial charge is 0.261 e. The first kappa shape index (κ1) is 20.5.